The van der Waals surface area contributed by atoms with Gasteiger partial charge in [-0.1, -0.05) is 53.8 Å². The molecule has 1 unspecified atom stereocenters. The molecule has 0 amide bonds. The number of carbonyl (C=O) groups is 1. The number of rotatable bonds is 3. The molecular formula is C15H12ClNO2. The Balaban J connectivity index is 3.14. The maximum atomic E-state index is 11.2. The molecule has 96 valence electrons. The molecule has 0 aliphatic rings. The molecule has 0 saturated carbocycles. The van der Waals surface area contributed by atoms with Crippen molar-refractivity contribution in [1.82, 2.24) is 0 Å². The average molecular weight is 274 g/mol. The van der Waals surface area contributed by atoms with Crippen LogP contribution in [0, 0.1) is 23.2 Å². The topological polar surface area (TPSA) is 50.1 Å². The predicted molar refractivity (Wildman–Crippen MR) is 72.9 cm³/mol. The zero-order valence-electron chi connectivity index (χ0n) is 10.4. The normalized spacial score (nSPS) is 12.9. The third-order valence-electron chi connectivity index (χ3n) is 2.32. The van der Waals surface area contributed by atoms with Crippen LogP contribution in [0.25, 0.3) is 0 Å². The van der Waals surface area contributed by atoms with E-state index in [0.717, 1.165) is 0 Å². The Morgan fingerprint density at radius 3 is 2.68 bits per heavy atom. The highest BCUT2D eigenvalue weighted by molar-refractivity contribution is 6.25. The fraction of sp³-hybridized carbons (Fsp3) is 0.200. The number of allylic oxidation sites excluding steroid dienone is 1. The van der Waals surface area contributed by atoms with Gasteiger partial charge < -0.3 is 4.74 Å². The van der Waals surface area contributed by atoms with E-state index in [1.54, 1.807) is 24.3 Å². The lowest BCUT2D eigenvalue weighted by Crippen LogP contribution is -2.29. The molecule has 4 heteroatoms. The van der Waals surface area contributed by atoms with Crippen molar-refractivity contribution in [2.45, 2.75) is 18.9 Å². The van der Waals surface area contributed by atoms with Crippen LogP contribution in [-0.4, -0.2) is 5.97 Å². The first-order chi connectivity index (χ1) is 9.14. The van der Waals surface area contributed by atoms with Gasteiger partial charge in [-0.2, -0.15) is 5.26 Å². The molecular weight excluding hydrogens is 262 g/mol. The van der Waals surface area contributed by atoms with Crippen molar-refractivity contribution in [3.63, 3.8) is 0 Å². The van der Waals surface area contributed by atoms with Crippen LogP contribution in [0.15, 0.2) is 41.9 Å². The lowest BCUT2D eigenvalue weighted by molar-refractivity contribution is -0.152. The van der Waals surface area contributed by atoms with Gasteiger partial charge in [-0.25, -0.2) is 0 Å². The first kappa shape index (κ1) is 14.8. The Morgan fingerprint density at radius 1 is 1.47 bits per heavy atom. The molecule has 0 aromatic heterocycles. The van der Waals surface area contributed by atoms with E-state index in [2.05, 4.69) is 11.8 Å². The van der Waals surface area contributed by atoms with Crippen LogP contribution in [-0.2, 0) is 15.1 Å². The van der Waals surface area contributed by atoms with Gasteiger partial charge in [0.1, 0.15) is 6.07 Å². The number of nitriles is 1. The summed E-state index contributed by atoms with van der Waals surface area (Å²) in [5.74, 6) is 4.90. The molecule has 1 aromatic rings. The Labute approximate surface area is 117 Å². The van der Waals surface area contributed by atoms with Crippen LogP contribution < -0.4 is 0 Å². The van der Waals surface area contributed by atoms with E-state index in [9.17, 15) is 10.1 Å². The first-order valence-electron chi connectivity index (χ1n) is 5.54. The standard InChI is InChI=1S/C15H12ClNO2/c1-13(18)19-15(12-17,10-6-3-7-11-16)14-8-4-2-5-9-14/h2,4-5,7-9,11H,10H2,1H3/b11-7-. The summed E-state index contributed by atoms with van der Waals surface area (Å²) in [5.41, 5.74) is 0.479. The lowest BCUT2D eigenvalue weighted by atomic mass is 9.92. The van der Waals surface area contributed by atoms with Crippen molar-refractivity contribution < 1.29 is 9.53 Å². The number of hydrogen-bond acceptors (Lipinski definition) is 3. The number of nitrogens with zero attached hydrogens (tertiary/aromatic N) is 1. The number of halogens is 1. The van der Waals surface area contributed by atoms with E-state index < -0.39 is 11.6 Å². The van der Waals surface area contributed by atoms with Gasteiger partial charge in [0.15, 0.2) is 0 Å². The van der Waals surface area contributed by atoms with E-state index in [1.165, 1.54) is 18.5 Å². The van der Waals surface area contributed by atoms with Gasteiger partial charge >= 0.3 is 5.97 Å². The zero-order valence-corrected chi connectivity index (χ0v) is 11.1. The van der Waals surface area contributed by atoms with Gasteiger partial charge in [0.05, 0.1) is 6.42 Å². The van der Waals surface area contributed by atoms with Crippen molar-refractivity contribution in [3.8, 4) is 17.9 Å². The van der Waals surface area contributed by atoms with Crippen molar-refractivity contribution in [2.75, 3.05) is 0 Å². The van der Waals surface area contributed by atoms with E-state index >= 15 is 0 Å². The quantitative estimate of drug-likeness (QED) is 0.628. The second-order valence-corrected chi connectivity index (χ2v) is 3.94. The Kier molecular flexibility index (Phi) is 5.67. The number of ether oxygens (including phenoxy) is 1. The summed E-state index contributed by atoms with van der Waals surface area (Å²) >= 11 is 5.35. The van der Waals surface area contributed by atoms with Crippen LogP contribution in [0.5, 0.6) is 0 Å². The molecule has 1 aromatic carbocycles. The molecule has 0 aliphatic heterocycles. The van der Waals surface area contributed by atoms with Crippen molar-refractivity contribution >= 4 is 17.6 Å². The van der Waals surface area contributed by atoms with Crippen LogP contribution in [0.4, 0.5) is 0 Å². The van der Waals surface area contributed by atoms with Crippen LogP contribution in [0.2, 0.25) is 0 Å². The highest BCUT2D eigenvalue weighted by atomic mass is 35.5. The summed E-state index contributed by atoms with van der Waals surface area (Å²) in [6.45, 7) is 1.27. The molecule has 3 nitrogen and oxygen atoms in total. The molecule has 0 aliphatic carbocycles. The summed E-state index contributed by atoms with van der Waals surface area (Å²) < 4.78 is 5.19. The maximum absolute atomic E-state index is 11.2. The molecule has 0 fully saturated rings. The zero-order chi connectivity index (χ0) is 14.1. The summed E-state index contributed by atoms with van der Waals surface area (Å²) in [7, 11) is 0. The van der Waals surface area contributed by atoms with Crippen molar-refractivity contribution in [3.05, 3.63) is 47.5 Å². The second kappa shape index (κ2) is 7.26. The third kappa shape index (κ3) is 4.17. The Bertz CT molecular complexity index is 563. The molecule has 0 bridgehead atoms. The minimum atomic E-state index is -1.39. The van der Waals surface area contributed by atoms with Crippen LogP contribution in [0.3, 0.4) is 0 Å². The van der Waals surface area contributed by atoms with Crippen molar-refractivity contribution in [1.29, 1.82) is 5.26 Å². The molecule has 1 atom stereocenters. The first-order valence-corrected chi connectivity index (χ1v) is 5.98. The Hall–Kier alpha value is -2.23. The second-order valence-electron chi connectivity index (χ2n) is 3.69. The molecule has 0 heterocycles. The molecule has 0 N–H and O–H groups in total. The summed E-state index contributed by atoms with van der Waals surface area (Å²) in [6.07, 6.45) is 1.52. The predicted octanol–water partition coefficient (Wildman–Crippen LogP) is 3.11. The lowest BCUT2D eigenvalue weighted by Gasteiger charge is -2.24. The van der Waals surface area contributed by atoms with Gasteiger partial charge in [0.2, 0.25) is 5.60 Å². The molecule has 0 radical (unpaired) electrons. The highest BCUT2D eigenvalue weighted by Crippen LogP contribution is 2.28. The summed E-state index contributed by atoms with van der Waals surface area (Å²) in [4.78, 5) is 11.2. The molecule has 0 spiro atoms. The highest BCUT2D eigenvalue weighted by Gasteiger charge is 2.35. The number of hydrogen-bond donors (Lipinski definition) is 0. The average Bonchev–Trinajstić information content (AvgIpc) is 2.43. The smallest absolute Gasteiger partial charge is 0.304 e. The largest absolute Gasteiger partial charge is 0.438 e. The van der Waals surface area contributed by atoms with E-state index in [4.69, 9.17) is 16.3 Å². The van der Waals surface area contributed by atoms with E-state index in [1.807, 2.05) is 12.1 Å². The summed E-state index contributed by atoms with van der Waals surface area (Å²) in [5, 5.41) is 9.40. The molecule has 1 rings (SSSR count). The SMILES string of the molecule is CC(=O)OC(C#N)(CC#C/C=C\Cl)c1ccccc1. The van der Waals surface area contributed by atoms with Crippen LogP contribution in [0.1, 0.15) is 18.9 Å². The number of benzene rings is 1. The van der Waals surface area contributed by atoms with E-state index in [-0.39, 0.29) is 6.42 Å². The fourth-order valence-electron chi connectivity index (χ4n) is 1.54. The monoisotopic (exact) mass is 273 g/mol. The maximum Gasteiger partial charge on any atom is 0.304 e. The van der Waals surface area contributed by atoms with Gasteiger partial charge in [-0.3, -0.25) is 4.79 Å². The minimum absolute atomic E-state index is 0.0777. The van der Waals surface area contributed by atoms with Gasteiger partial charge in [0, 0.05) is 18.0 Å². The van der Waals surface area contributed by atoms with Gasteiger partial charge in [-0.05, 0) is 6.08 Å². The molecule has 19 heavy (non-hydrogen) atoms. The van der Waals surface area contributed by atoms with Gasteiger partial charge in [-0.15, -0.1) is 0 Å². The summed E-state index contributed by atoms with van der Waals surface area (Å²) in [6, 6.07) is 10.9. The van der Waals surface area contributed by atoms with Crippen molar-refractivity contribution in [2.24, 2.45) is 0 Å². The Morgan fingerprint density at radius 2 is 2.16 bits per heavy atom. The minimum Gasteiger partial charge on any atom is -0.438 e. The van der Waals surface area contributed by atoms with Crippen LogP contribution >= 0.6 is 11.6 Å². The third-order valence-corrected chi connectivity index (χ3v) is 2.45. The number of carbonyl (C=O) groups excluding carboxylic acids is 1. The van der Waals surface area contributed by atoms with Gasteiger partial charge in [0.25, 0.3) is 0 Å². The number of esters is 1. The van der Waals surface area contributed by atoms with E-state index in [0.29, 0.717) is 5.56 Å². The fourth-order valence-corrected chi connectivity index (χ4v) is 1.61. The molecule has 0 saturated heterocycles.